The summed E-state index contributed by atoms with van der Waals surface area (Å²) in [4.78, 5) is 13.9. The van der Waals surface area contributed by atoms with Gasteiger partial charge >= 0.3 is 0 Å². The number of hydrogen-bond donors (Lipinski definition) is 1. The minimum Gasteiger partial charge on any atom is -0.490 e. The van der Waals surface area contributed by atoms with Gasteiger partial charge in [0.2, 0.25) is 0 Å². The normalized spacial score (nSPS) is 19.7. The standard InChI is InChI=1S/C12H11N3O4S/c13-11-8(7-14-20(11,17)18)12(16)15-5-6-19-10-4-2-1-3-9(10)15/h1-4,7H,5-6,13H2. The summed E-state index contributed by atoms with van der Waals surface area (Å²) in [5.74, 6) is 0.0761. The molecule has 0 aromatic heterocycles. The van der Waals surface area contributed by atoms with Gasteiger partial charge in [-0.2, -0.15) is 12.8 Å². The summed E-state index contributed by atoms with van der Waals surface area (Å²) in [7, 11) is -3.89. The average Bonchev–Trinajstić information content (AvgIpc) is 2.72. The molecule has 0 bridgehead atoms. The first-order valence-electron chi connectivity index (χ1n) is 5.84. The Hall–Kier alpha value is -2.35. The van der Waals surface area contributed by atoms with E-state index in [-0.39, 0.29) is 5.57 Å². The summed E-state index contributed by atoms with van der Waals surface area (Å²) < 4.78 is 31.6. The molecule has 2 aliphatic rings. The third-order valence-corrected chi connectivity index (χ3v) is 4.23. The number of fused-ring (bicyclic) bond motifs is 1. The highest BCUT2D eigenvalue weighted by Crippen LogP contribution is 2.32. The van der Waals surface area contributed by atoms with Crippen molar-refractivity contribution in [3.05, 3.63) is 34.9 Å². The number of carbonyl (C=O) groups excluding carboxylic acids is 1. The molecule has 7 nitrogen and oxygen atoms in total. The SMILES string of the molecule is NC1=C(C(=O)N2CCOc3ccccc32)C=NS1(=O)=O. The molecular formula is C12H11N3O4S. The fraction of sp³-hybridized carbons (Fsp3) is 0.167. The molecule has 1 aromatic carbocycles. The molecule has 20 heavy (non-hydrogen) atoms. The maximum absolute atomic E-state index is 12.4. The lowest BCUT2D eigenvalue weighted by Crippen LogP contribution is -2.39. The Morgan fingerprint density at radius 1 is 1.35 bits per heavy atom. The number of rotatable bonds is 1. The van der Waals surface area contributed by atoms with Crippen molar-refractivity contribution >= 4 is 27.8 Å². The lowest BCUT2D eigenvalue weighted by molar-refractivity contribution is -0.114. The molecule has 0 aliphatic carbocycles. The zero-order chi connectivity index (χ0) is 14.3. The summed E-state index contributed by atoms with van der Waals surface area (Å²) in [5.41, 5.74) is 5.95. The minimum atomic E-state index is -3.89. The number of para-hydroxylation sites is 2. The summed E-state index contributed by atoms with van der Waals surface area (Å²) in [6.07, 6.45) is 0.991. The van der Waals surface area contributed by atoms with Crippen molar-refractivity contribution < 1.29 is 17.9 Å². The summed E-state index contributed by atoms with van der Waals surface area (Å²) >= 11 is 0. The van der Waals surface area contributed by atoms with Gasteiger partial charge in [-0.15, -0.1) is 0 Å². The van der Waals surface area contributed by atoms with E-state index in [2.05, 4.69) is 4.40 Å². The van der Waals surface area contributed by atoms with Gasteiger partial charge in [-0.3, -0.25) is 4.79 Å². The van der Waals surface area contributed by atoms with Crippen LogP contribution in [0.2, 0.25) is 0 Å². The number of nitrogens with two attached hydrogens (primary N) is 1. The highest BCUT2D eigenvalue weighted by atomic mass is 32.2. The number of amides is 1. The average molecular weight is 293 g/mol. The highest BCUT2D eigenvalue weighted by Gasteiger charge is 2.32. The maximum atomic E-state index is 12.4. The molecule has 2 aliphatic heterocycles. The summed E-state index contributed by atoms with van der Waals surface area (Å²) in [6, 6.07) is 7.03. The third-order valence-electron chi connectivity index (χ3n) is 3.07. The smallest absolute Gasteiger partial charge is 0.298 e. The van der Waals surface area contributed by atoms with Gasteiger partial charge in [0.05, 0.1) is 24.0 Å². The van der Waals surface area contributed by atoms with Gasteiger partial charge < -0.3 is 15.4 Å². The topological polar surface area (TPSA) is 102 Å². The Morgan fingerprint density at radius 3 is 2.80 bits per heavy atom. The Bertz CT molecular complexity index is 752. The van der Waals surface area contributed by atoms with E-state index in [0.717, 1.165) is 6.21 Å². The number of hydrogen-bond acceptors (Lipinski definition) is 5. The van der Waals surface area contributed by atoms with Gasteiger partial charge in [-0.1, -0.05) is 12.1 Å². The predicted molar refractivity (Wildman–Crippen MR) is 72.9 cm³/mol. The van der Waals surface area contributed by atoms with Crippen LogP contribution < -0.4 is 15.4 Å². The number of sulfonamides is 1. The van der Waals surface area contributed by atoms with Crippen LogP contribution in [0, 0.1) is 0 Å². The van der Waals surface area contributed by atoms with Crippen LogP contribution in [0.4, 0.5) is 5.69 Å². The van der Waals surface area contributed by atoms with Crippen LogP contribution in [0.1, 0.15) is 0 Å². The minimum absolute atomic E-state index is 0.110. The molecular weight excluding hydrogens is 282 g/mol. The maximum Gasteiger partial charge on any atom is 0.298 e. The quantitative estimate of drug-likeness (QED) is 0.785. The van der Waals surface area contributed by atoms with Gasteiger partial charge in [-0.05, 0) is 12.1 Å². The molecule has 0 atom stereocenters. The second-order valence-corrected chi connectivity index (χ2v) is 5.86. The lowest BCUT2D eigenvalue weighted by Gasteiger charge is -2.29. The largest absolute Gasteiger partial charge is 0.490 e. The van der Waals surface area contributed by atoms with Gasteiger partial charge in [0.1, 0.15) is 12.4 Å². The zero-order valence-electron chi connectivity index (χ0n) is 10.3. The van der Waals surface area contributed by atoms with Crippen LogP contribution >= 0.6 is 0 Å². The Morgan fingerprint density at radius 2 is 2.10 bits per heavy atom. The second-order valence-electron chi connectivity index (χ2n) is 4.26. The third kappa shape index (κ3) is 1.85. The second kappa shape index (κ2) is 4.34. The van der Waals surface area contributed by atoms with E-state index in [1.165, 1.54) is 4.90 Å². The van der Waals surface area contributed by atoms with E-state index in [1.54, 1.807) is 24.3 Å². The van der Waals surface area contributed by atoms with Crippen LogP contribution in [0.15, 0.2) is 39.3 Å². The first kappa shape index (κ1) is 12.7. The van der Waals surface area contributed by atoms with E-state index in [1.807, 2.05) is 0 Å². The zero-order valence-corrected chi connectivity index (χ0v) is 11.1. The van der Waals surface area contributed by atoms with Crippen LogP contribution in [-0.2, 0) is 14.8 Å². The molecule has 0 fully saturated rings. The van der Waals surface area contributed by atoms with E-state index in [9.17, 15) is 13.2 Å². The molecule has 3 rings (SSSR count). The molecule has 2 N–H and O–H groups in total. The first-order chi connectivity index (χ1) is 9.50. The van der Waals surface area contributed by atoms with Crippen molar-refractivity contribution in [1.82, 2.24) is 0 Å². The van der Waals surface area contributed by atoms with Crippen molar-refractivity contribution in [2.24, 2.45) is 10.1 Å². The van der Waals surface area contributed by atoms with Crippen molar-refractivity contribution in [1.29, 1.82) is 0 Å². The molecule has 1 aromatic rings. The molecule has 0 saturated carbocycles. The van der Waals surface area contributed by atoms with Crippen molar-refractivity contribution in [3.63, 3.8) is 0 Å². The molecule has 8 heteroatoms. The first-order valence-corrected chi connectivity index (χ1v) is 7.28. The van der Waals surface area contributed by atoms with Gasteiger partial charge in [-0.25, -0.2) is 0 Å². The fourth-order valence-corrected chi connectivity index (χ4v) is 2.84. The monoisotopic (exact) mass is 293 g/mol. The Balaban J connectivity index is 2.02. The van der Waals surface area contributed by atoms with Gasteiger partial charge in [0.25, 0.3) is 15.9 Å². The van der Waals surface area contributed by atoms with Crippen molar-refractivity contribution in [2.75, 3.05) is 18.1 Å². The number of anilines is 1. The van der Waals surface area contributed by atoms with Crippen LogP contribution in [0.5, 0.6) is 5.75 Å². The summed E-state index contributed by atoms with van der Waals surface area (Å²) in [6.45, 7) is 0.653. The molecule has 2 heterocycles. The fourth-order valence-electron chi connectivity index (χ4n) is 2.07. The lowest BCUT2D eigenvalue weighted by atomic mass is 10.2. The van der Waals surface area contributed by atoms with Crippen LogP contribution in [0.25, 0.3) is 0 Å². The number of ether oxygens (including phenoxy) is 1. The summed E-state index contributed by atoms with van der Waals surface area (Å²) in [5, 5.41) is -0.508. The number of benzene rings is 1. The predicted octanol–water partition coefficient (Wildman–Crippen LogP) is -0.00350. The van der Waals surface area contributed by atoms with Gasteiger partial charge in [0, 0.05) is 0 Å². The molecule has 104 valence electrons. The number of carbonyl (C=O) groups is 1. The Labute approximate surface area is 115 Å². The Kier molecular flexibility index (Phi) is 2.75. The van der Waals surface area contributed by atoms with Gasteiger partial charge in [0.15, 0.2) is 5.03 Å². The van der Waals surface area contributed by atoms with E-state index < -0.39 is 21.0 Å². The van der Waals surface area contributed by atoms with Crippen molar-refractivity contribution in [2.45, 2.75) is 0 Å². The molecule has 0 unspecified atom stereocenters. The van der Waals surface area contributed by atoms with E-state index in [0.29, 0.717) is 24.6 Å². The molecule has 1 amide bonds. The van der Waals surface area contributed by atoms with E-state index in [4.69, 9.17) is 10.5 Å². The molecule has 0 spiro atoms. The van der Waals surface area contributed by atoms with E-state index >= 15 is 0 Å². The van der Waals surface area contributed by atoms with Crippen molar-refractivity contribution in [3.8, 4) is 5.75 Å². The van der Waals surface area contributed by atoms with Crippen LogP contribution in [-0.4, -0.2) is 33.7 Å². The number of nitrogens with zero attached hydrogens (tertiary/aromatic N) is 2. The molecule has 0 radical (unpaired) electrons. The highest BCUT2D eigenvalue weighted by molar-refractivity contribution is 7.94. The van der Waals surface area contributed by atoms with Crippen LogP contribution in [0.3, 0.4) is 0 Å². The molecule has 0 saturated heterocycles.